The van der Waals surface area contributed by atoms with Crippen molar-refractivity contribution in [2.24, 2.45) is 0 Å². The maximum absolute atomic E-state index is 12.9. The summed E-state index contributed by atoms with van der Waals surface area (Å²) in [6.07, 6.45) is -8.24. The quantitative estimate of drug-likeness (QED) is 0.258. The molecule has 2 amide bonds. The van der Waals surface area contributed by atoms with Crippen LogP contribution in [0.25, 0.3) is 10.9 Å². The van der Waals surface area contributed by atoms with Crippen molar-refractivity contribution in [3.05, 3.63) is 95.2 Å². The Kier molecular flexibility index (Phi) is 8.72. The summed E-state index contributed by atoms with van der Waals surface area (Å²) in [4.78, 5) is 34.4. The van der Waals surface area contributed by atoms with E-state index in [1.807, 2.05) is 0 Å². The SMILES string of the molecule is Cc1ccc(C(=O)Nc2cccc(C(F)(F)F)c2)cc1NC(=O)c1cnnc2ccccc12.O=C(O)C(F)(F)F. The van der Waals surface area contributed by atoms with Crippen LogP contribution in [-0.2, 0) is 11.0 Å². The zero-order valence-corrected chi connectivity index (χ0v) is 20.3. The molecule has 0 aliphatic rings. The minimum atomic E-state index is -5.08. The van der Waals surface area contributed by atoms with Gasteiger partial charge in [0, 0.05) is 22.3 Å². The average molecular weight is 564 g/mol. The van der Waals surface area contributed by atoms with Gasteiger partial charge in [0.1, 0.15) is 0 Å². The molecule has 3 N–H and O–H groups in total. The number of fused-ring (bicyclic) bond motifs is 1. The van der Waals surface area contributed by atoms with E-state index in [-0.39, 0.29) is 11.3 Å². The Morgan fingerprint density at radius 1 is 0.825 bits per heavy atom. The molecule has 4 aromatic rings. The summed E-state index contributed by atoms with van der Waals surface area (Å²) in [5.41, 5.74) is 1.29. The number of aliphatic carboxylic acids is 1. The van der Waals surface area contributed by atoms with Crippen molar-refractivity contribution in [2.45, 2.75) is 19.3 Å². The number of amides is 2. The molecule has 40 heavy (non-hydrogen) atoms. The summed E-state index contributed by atoms with van der Waals surface area (Å²) in [7, 11) is 0. The summed E-state index contributed by atoms with van der Waals surface area (Å²) < 4.78 is 70.5. The molecule has 0 atom stereocenters. The minimum absolute atomic E-state index is 0.00955. The molecule has 0 saturated heterocycles. The molecule has 0 aliphatic carbocycles. The van der Waals surface area contributed by atoms with E-state index in [1.165, 1.54) is 30.5 Å². The van der Waals surface area contributed by atoms with Crippen LogP contribution >= 0.6 is 0 Å². The number of alkyl halides is 6. The number of benzene rings is 3. The van der Waals surface area contributed by atoms with Gasteiger partial charge in [0.25, 0.3) is 11.8 Å². The number of carbonyl (C=O) groups excluding carboxylic acids is 2. The number of carboxylic acids is 1. The fourth-order valence-electron chi connectivity index (χ4n) is 3.25. The van der Waals surface area contributed by atoms with Gasteiger partial charge in [-0.1, -0.05) is 30.3 Å². The van der Waals surface area contributed by atoms with Crippen molar-refractivity contribution in [1.82, 2.24) is 10.2 Å². The van der Waals surface area contributed by atoms with Gasteiger partial charge in [-0.05, 0) is 48.9 Å². The van der Waals surface area contributed by atoms with E-state index in [4.69, 9.17) is 9.90 Å². The topological polar surface area (TPSA) is 121 Å². The number of aryl methyl sites for hydroxylation is 1. The summed E-state index contributed by atoms with van der Waals surface area (Å²) in [6, 6.07) is 16.1. The molecular formula is C26H18F6N4O4. The van der Waals surface area contributed by atoms with Crippen LogP contribution in [0.3, 0.4) is 0 Å². The van der Waals surface area contributed by atoms with Crippen LogP contribution in [-0.4, -0.2) is 39.3 Å². The van der Waals surface area contributed by atoms with Crippen molar-refractivity contribution in [1.29, 1.82) is 0 Å². The Morgan fingerprint density at radius 3 is 2.15 bits per heavy atom. The molecule has 14 heteroatoms. The highest BCUT2D eigenvalue weighted by Crippen LogP contribution is 2.31. The zero-order chi connectivity index (χ0) is 29.7. The summed E-state index contributed by atoms with van der Waals surface area (Å²) in [6.45, 7) is 1.76. The number of anilines is 2. The van der Waals surface area contributed by atoms with Crippen LogP contribution in [0, 0.1) is 6.92 Å². The molecule has 0 saturated carbocycles. The number of carboxylic acid groups (broad SMARTS) is 1. The summed E-state index contributed by atoms with van der Waals surface area (Å²) in [5.74, 6) is -3.80. The fourth-order valence-corrected chi connectivity index (χ4v) is 3.25. The molecule has 1 aromatic heterocycles. The van der Waals surface area contributed by atoms with Crippen molar-refractivity contribution in [3.63, 3.8) is 0 Å². The Hall–Kier alpha value is -5.01. The third-order valence-electron chi connectivity index (χ3n) is 5.23. The maximum atomic E-state index is 12.9. The van der Waals surface area contributed by atoms with Crippen molar-refractivity contribution in [2.75, 3.05) is 10.6 Å². The molecule has 208 valence electrons. The van der Waals surface area contributed by atoms with Gasteiger partial charge < -0.3 is 15.7 Å². The lowest BCUT2D eigenvalue weighted by Gasteiger charge is -2.13. The second-order valence-electron chi connectivity index (χ2n) is 8.09. The molecule has 1 heterocycles. The van der Waals surface area contributed by atoms with E-state index in [0.717, 1.165) is 12.1 Å². The first-order valence-corrected chi connectivity index (χ1v) is 11.1. The molecule has 3 aromatic carbocycles. The van der Waals surface area contributed by atoms with E-state index < -0.39 is 35.7 Å². The highest BCUT2D eigenvalue weighted by Gasteiger charge is 2.38. The Bertz CT molecular complexity index is 1570. The summed E-state index contributed by atoms with van der Waals surface area (Å²) >= 11 is 0. The van der Waals surface area contributed by atoms with Gasteiger partial charge in [-0.3, -0.25) is 9.59 Å². The predicted octanol–water partition coefficient (Wildman–Crippen LogP) is 6.09. The van der Waals surface area contributed by atoms with Crippen LogP contribution in [0.2, 0.25) is 0 Å². The Labute approximate surface area is 221 Å². The number of hydrogen-bond acceptors (Lipinski definition) is 5. The van der Waals surface area contributed by atoms with Crippen LogP contribution in [0.1, 0.15) is 31.8 Å². The lowest BCUT2D eigenvalue weighted by Crippen LogP contribution is -2.21. The standard InChI is InChI=1S/C24H17F3N4O2.C2HF3O2/c1-14-9-10-15(22(32)29-17-6-4-5-16(12-17)24(25,26)27)11-21(14)30-23(33)19-13-28-31-20-8-3-2-7-18(19)20;3-2(4,5)1(6)7/h2-13H,1H3,(H,29,32)(H,30,33);(H,6,7). The van der Waals surface area contributed by atoms with Gasteiger partial charge >= 0.3 is 18.3 Å². The molecule has 0 aliphatic heterocycles. The van der Waals surface area contributed by atoms with E-state index in [0.29, 0.717) is 27.7 Å². The van der Waals surface area contributed by atoms with E-state index in [2.05, 4.69) is 20.8 Å². The first kappa shape index (κ1) is 29.5. The Morgan fingerprint density at radius 2 is 1.50 bits per heavy atom. The normalized spacial score (nSPS) is 11.3. The second-order valence-corrected chi connectivity index (χ2v) is 8.09. The monoisotopic (exact) mass is 564 g/mol. The van der Waals surface area contributed by atoms with Crippen LogP contribution in [0.4, 0.5) is 37.7 Å². The zero-order valence-electron chi connectivity index (χ0n) is 20.3. The minimum Gasteiger partial charge on any atom is -0.475 e. The number of hydrogen-bond donors (Lipinski definition) is 3. The van der Waals surface area contributed by atoms with Gasteiger partial charge in [-0.25, -0.2) is 4.79 Å². The van der Waals surface area contributed by atoms with Crippen molar-refractivity contribution in [3.8, 4) is 0 Å². The molecule has 8 nitrogen and oxygen atoms in total. The summed E-state index contributed by atoms with van der Waals surface area (Å²) in [5, 5.41) is 20.8. The van der Waals surface area contributed by atoms with Crippen molar-refractivity contribution < 1.29 is 45.8 Å². The third kappa shape index (κ3) is 7.52. The molecular weight excluding hydrogens is 546 g/mol. The first-order chi connectivity index (χ1) is 18.7. The largest absolute Gasteiger partial charge is 0.490 e. The number of aromatic nitrogens is 2. The van der Waals surface area contributed by atoms with Crippen LogP contribution in [0.15, 0.2) is 72.9 Å². The van der Waals surface area contributed by atoms with Crippen molar-refractivity contribution >= 4 is 40.1 Å². The number of nitrogens with one attached hydrogen (secondary N) is 2. The smallest absolute Gasteiger partial charge is 0.475 e. The molecule has 0 spiro atoms. The molecule has 4 rings (SSSR count). The van der Waals surface area contributed by atoms with Crippen LogP contribution in [0.5, 0.6) is 0 Å². The van der Waals surface area contributed by atoms with E-state index in [1.54, 1.807) is 37.3 Å². The fraction of sp³-hybridized carbons (Fsp3) is 0.115. The third-order valence-corrected chi connectivity index (χ3v) is 5.23. The lowest BCUT2D eigenvalue weighted by atomic mass is 10.1. The Balaban J connectivity index is 0.000000559. The van der Waals surface area contributed by atoms with E-state index in [9.17, 15) is 35.9 Å². The second kappa shape index (κ2) is 11.8. The molecule has 0 radical (unpaired) electrons. The predicted molar refractivity (Wildman–Crippen MR) is 132 cm³/mol. The molecule has 0 bridgehead atoms. The van der Waals surface area contributed by atoms with Gasteiger partial charge in [-0.15, -0.1) is 0 Å². The van der Waals surface area contributed by atoms with Gasteiger partial charge in [0.15, 0.2) is 0 Å². The number of nitrogens with zero attached hydrogens (tertiary/aromatic N) is 2. The van der Waals surface area contributed by atoms with Gasteiger partial charge in [0.2, 0.25) is 0 Å². The molecule has 0 fully saturated rings. The van der Waals surface area contributed by atoms with Gasteiger partial charge in [-0.2, -0.15) is 36.5 Å². The first-order valence-electron chi connectivity index (χ1n) is 11.1. The van der Waals surface area contributed by atoms with Crippen LogP contribution < -0.4 is 10.6 Å². The number of carbonyl (C=O) groups is 3. The van der Waals surface area contributed by atoms with E-state index >= 15 is 0 Å². The lowest BCUT2D eigenvalue weighted by molar-refractivity contribution is -0.192. The van der Waals surface area contributed by atoms with Gasteiger partial charge in [0.05, 0.1) is 22.8 Å². The highest BCUT2D eigenvalue weighted by molar-refractivity contribution is 6.13. The number of halogens is 6. The highest BCUT2D eigenvalue weighted by atomic mass is 19.4. The maximum Gasteiger partial charge on any atom is 0.490 e. The molecule has 0 unspecified atom stereocenters. The average Bonchev–Trinajstić information content (AvgIpc) is 2.89. The number of rotatable bonds is 4.